The summed E-state index contributed by atoms with van der Waals surface area (Å²) in [6.07, 6.45) is 3.52. The van der Waals surface area contributed by atoms with Crippen LogP contribution < -0.4 is 10.5 Å². The van der Waals surface area contributed by atoms with Crippen LogP contribution >= 0.6 is 11.6 Å². The van der Waals surface area contributed by atoms with E-state index in [0.29, 0.717) is 17.3 Å². The lowest BCUT2D eigenvalue weighted by atomic mass is 10.1. The number of rotatable bonds is 6. The number of aryl methyl sites for hydroxylation is 1. The molecule has 2 N–H and O–H groups in total. The van der Waals surface area contributed by atoms with Crippen LogP contribution in [-0.4, -0.2) is 0 Å². The summed E-state index contributed by atoms with van der Waals surface area (Å²) in [6.45, 7) is 2.60. The molecule has 0 aliphatic rings. The molecule has 0 spiro atoms. The number of nitrogens with two attached hydrogens (primary N) is 1. The lowest BCUT2D eigenvalue weighted by Crippen LogP contribution is -1.99. The first-order valence-electron chi connectivity index (χ1n) is 6.99. The summed E-state index contributed by atoms with van der Waals surface area (Å²) in [5.74, 6) is 1.44. The molecule has 2 rings (SSSR count). The highest BCUT2D eigenvalue weighted by Gasteiger charge is 2.08. The number of benzene rings is 2. The summed E-state index contributed by atoms with van der Waals surface area (Å²) in [5, 5.41) is 0.586. The Bertz CT molecular complexity index is 551. The van der Waals surface area contributed by atoms with Gasteiger partial charge in [-0.2, -0.15) is 0 Å². The predicted octanol–water partition coefficient (Wildman–Crippen LogP) is 4.93. The van der Waals surface area contributed by atoms with Crippen molar-refractivity contribution in [2.24, 2.45) is 5.73 Å². The van der Waals surface area contributed by atoms with Crippen molar-refractivity contribution in [2.75, 3.05) is 0 Å². The second-order valence-electron chi connectivity index (χ2n) is 4.78. The lowest BCUT2D eigenvalue weighted by Gasteiger charge is -2.12. The van der Waals surface area contributed by atoms with Crippen LogP contribution in [0.2, 0.25) is 5.02 Å². The Labute approximate surface area is 125 Å². The van der Waals surface area contributed by atoms with E-state index in [2.05, 4.69) is 19.1 Å². The van der Waals surface area contributed by atoms with Crippen molar-refractivity contribution in [2.45, 2.75) is 32.7 Å². The first kappa shape index (κ1) is 14.9. The van der Waals surface area contributed by atoms with Crippen molar-refractivity contribution in [1.82, 2.24) is 0 Å². The van der Waals surface area contributed by atoms with Crippen LogP contribution in [0.5, 0.6) is 11.5 Å². The third-order valence-corrected chi connectivity index (χ3v) is 3.53. The minimum atomic E-state index is 0.407. The largest absolute Gasteiger partial charge is 0.455 e. The summed E-state index contributed by atoms with van der Waals surface area (Å²) < 4.78 is 5.88. The highest BCUT2D eigenvalue weighted by molar-refractivity contribution is 6.32. The fraction of sp³-hybridized carbons (Fsp3) is 0.294. The summed E-state index contributed by atoms with van der Waals surface area (Å²) in [6, 6.07) is 13.8. The molecule has 2 aromatic rings. The van der Waals surface area contributed by atoms with Crippen molar-refractivity contribution in [1.29, 1.82) is 0 Å². The summed E-state index contributed by atoms with van der Waals surface area (Å²) in [4.78, 5) is 0. The van der Waals surface area contributed by atoms with E-state index in [-0.39, 0.29) is 0 Å². The van der Waals surface area contributed by atoms with Gasteiger partial charge in [-0.3, -0.25) is 0 Å². The van der Waals surface area contributed by atoms with Gasteiger partial charge in [0.1, 0.15) is 11.5 Å². The van der Waals surface area contributed by atoms with Gasteiger partial charge in [-0.15, -0.1) is 0 Å². The maximum atomic E-state index is 6.18. The maximum absolute atomic E-state index is 6.18. The molecule has 0 aliphatic carbocycles. The number of halogens is 1. The monoisotopic (exact) mass is 289 g/mol. The molecular formula is C17H20ClNO. The van der Waals surface area contributed by atoms with Gasteiger partial charge in [-0.1, -0.05) is 49.2 Å². The van der Waals surface area contributed by atoms with E-state index >= 15 is 0 Å². The Kier molecular flexibility index (Phi) is 5.45. The first-order chi connectivity index (χ1) is 9.74. The van der Waals surface area contributed by atoms with Crippen LogP contribution in [0.3, 0.4) is 0 Å². The van der Waals surface area contributed by atoms with Gasteiger partial charge in [-0.25, -0.2) is 0 Å². The molecule has 0 unspecified atom stereocenters. The van der Waals surface area contributed by atoms with Crippen LogP contribution in [0.1, 0.15) is 30.9 Å². The molecule has 3 heteroatoms. The SMILES string of the molecule is CCCCc1ccc(Oc2c(Cl)cccc2CN)cc1. The van der Waals surface area contributed by atoms with Gasteiger partial charge in [0.25, 0.3) is 0 Å². The molecule has 0 saturated carbocycles. The van der Waals surface area contributed by atoms with E-state index in [0.717, 1.165) is 17.7 Å². The van der Waals surface area contributed by atoms with Crippen LogP contribution in [0.4, 0.5) is 0 Å². The number of hydrogen-bond donors (Lipinski definition) is 1. The van der Waals surface area contributed by atoms with E-state index in [9.17, 15) is 0 Å². The molecule has 0 bridgehead atoms. The van der Waals surface area contributed by atoms with Crippen molar-refractivity contribution < 1.29 is 4.74 Å². The molecule has 2 aromatic carbocycles. The second-order valence-corrected chi connectivity index (χ2v) is 5.19. The van der Waals surface area contributed by atoms with Crippen LogP contribution in [0.25, 0.3) is 0 Å². The van der Waals surface area contributed by atoms with Gasteiger partial charge >= 0.3 is 0 Å². The Balaban J connectivity index is 2.14. The van der Waals surface area contributed by atoms with E-state index in [1.54, 1.807) is 0 Å². The molecule has 0 heterocycles. The van der Waals surface area contributed by atoms with Gasteiger partial charge in [0.05, 0.1) is 5.02 Å². The topological polar surface area (TPSA) is 35.2 Å². The van der Waals surface area contributed by atoms with Crippen molar-refractivity contribution in [3.8, 4) is 11.5 Å². The zero-order valence-corrected chi connectivity index (χ0v) is 12.5. The molecule has 0 amide bonds. The third kappa shape index (κ3) is 3.75. The quantitative estimate of drug-likeness (QED) is 0.818. The lowest BCUT2D eigenvalue weighted by molar-refractivity contribution is 0.476. The van der Waals surface area contributed by atoms with Crippen molar-refractivity contribution in [3.63, 3.8) is 0 Å². The highest BCUT2D eigenvalue weighted by Crippen LogP contribution is 2.32. The Morgan fingerprint density at radius 3 is 2.50 bits per heavy atom. The third-order valence-electron chi connectivity index (χ3n) is 3.23. The minimum Gasteiger partial charge on any atom is -0.455 e. The zero-order chi connectivity index (χ0) is 14.4. The highest BCUT2D eigenvalue weighted by atomic mass is 35.5. The number of hydrogen-bond acceptors (Lipinski definition) is 2. The summed E-state index contributed by atoms with van der Waals surface area (Å²) in [5.41, 5.74) is 7.95. The summed E-state index contributed by atoms with van der Waals surface area (Å²) >= 11 is 6.18. The van der Waals surface area contributed by atoms with Gasteiger partial charge in [-0.05, 0) is 36.6 Å². The molecule has 0 saturated heterocycles. The van der Waals surface area contributed by atoms with Gasteiger partial charge in [0.2, 0.25) is 0 Å². The molecular weight excluding hydrogens is 270 g/mol. The molecule has 106 valence electrons. The second kappa shape index (κ2) is 7.32. The first-order valence-corrected chi connectivity index (χ1v) is 7.36. The molecule has 0 fully saturated rings. The molecule has 0 radical (unpaired) electrons. The molecule has 0 aliphatic heterocycles. The molecule has 0 aromatic heterocycles. The molecule has 2 nitrogen and oxygen atoms in total. The van der Waals surface area contributed by atoms with E-state index in [1.807, 2.05) is 30.3 Å². The van der Waals surface area contributed by atoms with Crippen molar-refractivity contribution in [3.05, 3.63) is 58.6 Å². The Hall–Kier alpha value is -1.51. The number of para-hydroxylation sites is 1. The smallest absolute Gasteiger partial charge is 0.150 e. The van der Waals surface area contributed by atoms with E-state index in [4.69, 9.17) is 22.1 Å². The van der Waals surface area contributed by atoms with E-state index in [1.165, 1.54) is 18.4 Å². The minimum absolute atomic E-state index is 0.407. The fourth-order valence-electron chi connectivity index (χ4n) is 2.05. The predicted molar refractivity (Wildman–Crippen MR) is 84.5 cm³/mol. The van der Waals surface area contributed by atoms with Crippen LogP contribution in [-0.2, 0) is 13.0 Å². The van der Waals surface area contributed by atoms with Gasteiger partial charge in [0.15, 0.2) is 0 Å². The average molecular weight is 290 g/mol. The number of ether oxygens (including phenoxy) is 1. The average Bonchev–Trinajstić information content (AvgIpc) is 2.48. The zero-order valence-electron chi connectivity index (χ0n) is 11.7. The van der Waals surface area contributed by atoms with Gasteiger partial charge < -0.3 is 10.5 Å². The molecule has 20 heavy (non-hydrogen) atoms. The summed E-state index contributed by atoms with van der Waals surface area (Å²) in [7, 11) is 0. The van der Waals surface area contributed by atoms with Crippen LogP contribution in [0, 0.1) is 0 Å². The Morgan fingerprint density at radius 2 is 1.85 bits per heavy atom. The fourth-order valence-corrected chi connectivity index (χ4v) is 2.28. The number of unbranched alkanes of at least 4 members (excludes halogenated alkanes) is 1. The normalized spacial score (nSPS) is 10.6. The van der Waals surface area contributed by atoms with E-state index < -0.39 is 0 Å². The maximum Gasteiger partial charge on any atom is 0.150 e. The van der Waals surface area contributed by atoms with Crippen LogP contribution in [0.15, 0.2) is 42.5 Å². The standard InChI is InChI=1S/C17H20ClNO/c1-2-3-5-13-8-10-15(11-9-13)20-17-14(12-19)6-4-7-16(17)18/h4,6-11H,2-3,5,12,19H2,1H3. The Morgan fingerprint density at radius 1 is 1.10 bits per heavy atom. The van der Waals surface area contributed by atoms with Crippen molar-refractivity contribution >= 4 is 11.6 Å². The van der Waals surface area contributed by atoms with Gasteiger partial charge in [0, 0.05) is 12.1 Å². The molecule has 0 atom stereocenters.